The molecule has 0 amide bonds. The van der Waals surface area contributed by atoms with Crippen LogP contribution >= 0.6 is 80.5 Å². The molecule has 1 unspecified atom stereocenters. The third-order valence-corrected chi connectivity index (χ3v) is 14.6. The van der Waals surface area contributed by atoms with Gasteiger partial charge in [-0.1, -0.05) is 24.3 Å². The maximum absolute atomic E-state index is 13.4. The van der Waals surface area contributed by atoms with Gasteiger partial charge in [0.05, 0.1) is 30.5 Å². The first-order valence-corrected chi connectivity index (χ1v) is 19.7. The van der Waals surface area contributed by atoms with Crippen molar-refractivity contribution in [2.75, 3.05) is 45.8 Å². The van der Waals surface area contributed by atoms with E-state index in [0.717, 1.165) is 4.90 Å². The summed E-state index contributed by atoms with van der Waals surface area (Å²) >= 11 is 10.3. The Morgan fingerprint density at radius 2 is 1.20 bits per heavy atom. The molecule has 0 fully saturated rings. The number of rotatable bonds is 24. The molecule has 3 aromatic rings. The van der Waals surface area contributed by atoms with Gasteiger partial charge in [0.15, 0.2) is 6.17 Å². The standard InChI is InChI=1S/C35H36I3N5O12S/c36-35(34(53)54,15-23-3-9-27(10-4-23)55-28-11-7-26(44)8-12-28)43(37,38)29(42(20-32(49)50)21-33(51)52)17-40(13-14-41(18-30(45)46)19-31(47)48)16-24-1-5-25(6-2-24)39-22-56/h1-12,29H,13-21H2,(H5-,44,45,46,47,48,49,50,51,52,53,54)/p+1/t29?,35-/m0/s1. The zero-order valence-electron chi connectivity index (χ0n) is 29.3. The number of hydrogen-bond acceptors (Lipinski definition) is 12. The quantitative estimate of drug-likeness (QED) is 0.0132. The molecule has 0 aromatic heterocycles. The number of carbonyl (C=O) groups is 5. The molecule has 21 heteroatoms. The lowest BCUT2D eigenvalue weighted by molar-refractivity contribution is -0.645. The van der Waals surface area contributed by atoms with Gasteiger partial charge in [0.25, 0.3) is 49.3 Å². The monoisotopic (exact) mass is 1130 g/mol. The predicted octanol–water partition coefficient (Wildman–Crippen LogP) is 4.96. The number of aliphatic imine (C=N–C) groups is 1. The lowest BCUT2D eigenvalue weighted by Crippen LogP contribution is -2.67. The minimum absolute atomic E-state index is 0.0158. The molecule has 6 N–H and O–H groups in total. The van der Waals surface area contributed by atoms with Gasteiger partial charge >= 0.3 is 29.8 Å². The molecule has 3 rings (SSSR count). The van der Waals surface area contributed by atoms with E-state index in [0.29, 0.717) is 28.3 Å². The highest BCUT2D eigenvalue weighted by molar-refractivity contribution is 14.2. The summed E-state index contributed by atoms with van der Waals surface area (Å²) < 4.78 is 3.52. The zero-order valence-corrected chi connectivity index (χ0v) is 36.6. The number of phenols is 1. The second-order valence-corrected chi connectivity index (χ2v) is 19.2. The summed E-state index contributed by atoms with van der Waals surface area (Å²) in [4.78, 5) is 69.0. The molecule has 0 saturated heterocycles. The molecule has 0 aliphatic rings. The fraction of sp³-hybridized carbons (Fsp3) is 0.314. The van der Waals surface area contributed by atoms with Crippen molar-refractivity contribution in [3.05, 3.63) is 83.9 Å². The molecule has 0 aliphatic carbocycles. The first kappa shape index (κ1) is 46.8. The fourth-order valence-electron chi connectivity index (χ4n) is 5.51. The Morgan fingerprint density at radius 1 is 0.732 bits per heavy atom. The molecule has 0 spiro atoms. The van der Waals surface area contributed by atoms with Crippen LogP contribution in [-0.2, 0) is 36.9 Å². The summed E-state index contributed by atoms with van der Waals surface area (Å²) in [7, 11) is 0. The topological polar surface area (TPSA) is 238 Å². The van der Waals surface area contributed by atoms with Gasteiger partial charge in [-0.15, -0.1) is 0 Å². The van der Waals surface area contributed by atoms with E-state index in [4.69, 9.17) is 4.74 Å². The highest BCUT2D eigenvalue weighted by Gasteiger charge is 2.60. The number of carboxylic acid groups (broad SMARTS) is 5. The van der Waals surface area contributed by atoms with Gasteiger partial charge in [-0.25, -0.2) is 9.69 Å². The van der Waals surface area contributed by atoms with E-state index in [-0.39, 0.29) is 38.3 Å². The molecule has 0 saturated carbocycles. The SMILES string of the molecule is O=C(O)CN(CCN(Cc1ccc(N=C=S)cc1)CC(N(CC(=O)O)CC(=O)O)[N+](I)(I)[C@@](I)(Cc1ccc(Oc2ccc(O)cc2)cc1)C(=O)O)CC(=O)O. The van der Waals surface area contributed by atoms with Crippen LogP contribution in [0.15, 0.2) is 77.8 Å². The van der Waals surface area contributed by atoms with Gasteiger partial charge < -0.3 is 35.4 Å². The Balaban J connectivity index is 2.09. The van der Waals surface area contributed by atoms with Crippen LogP contribution in [0.4, 0.5) is 5.69 Å². The van der Waals surface area contributed by atoms with Crippen LogP contribution < -0.4 is 4.74 Å². The first-order chi connectivity index (χ1) is 26.3. The van der Waals surface area contributed by atoms with Gasteiger partial charge in [0, 0.05) is 48.6 Å². The number of thiocarbonyl (C=S) groups is 1. The number of carboxylic acids is 5. The fourth-order valence-corrected chi connectivity index (χ4v) is 8.19. The molecule has 0 radical (unpaired) electrons. The van der Waals surface area contributed by atoms with Gasteiger partial charge in [-0.05, 0) is 71.9 Å². The lowest BCUT2D eigenvalue weighted by atomic mass is 10.0. The highest BCUT2D eigenvalue weighted by Crippen LogP contribution is 2.48. The van der Waals surface area contributed by atoms with E-state index in [1.165, 1.54) is 17.0 Å². The van der Waals surface area contributed by atoms with E-state index in [1.54, 1.807) is 88.2 Å². The molecule has 56 heavy (non-hydrogen) atoms. The molecule has 0 heterocycles. The van der Waals surface area contributed by atoms with Gasteiger partial charge in [-0.3, -0.25) is 29.0 Å². The normalized spacial score (nSPS) is 13.1. The summed E-state index contributed by atoms with van der Waals surface area (Å²) in [6.07, 6.45) is -1.29. The highest BCUT2D eigenvalue weighted by atomic mass is 127. The van der Waals surface area contributed by atoms with E-state index < -0.39 is 66.6 Å². The molecule has 17 nitrogen and oxygen atoms in total. The minimum Gasteiger partial charge on any atom is -0.508 e. The molecular formula is C35H37I3N5O12S+. The summed E-state index contributed by atoms with van der Waals surface area (Å²) in [6, 6.07) is 19.5. The number of aromatic hydroxyl groups is 1. The number of benzene rings is 3. The van der Waals surface area contributed by atoms with E-state index >= 15 is 0 Å². The van der Waals surface area contributed by atoms with Crippen molar-refractivity contribution in [3.63, 3.8) is 0 Å². The van der Waals surface area contributed by atoms with Crippen LogP contribution in [0.25, 0.3) is 0 Å². The van der Waals surface area contributed by atoms with Crippen molar-refractivity contribution in [1.82, 2.24) is 14.7 Å². The third-order valence-electron chi connectivity index (χ3n) is 8.10. The first-order valence-electron chi connectivity index (χ1n) is 16.3. The van der Waals surface area contributed by atoms with Gasteiger partial charge in [0.2, 0.25) is 0 Å². The number of isothiocyanates is 1. The zero-order chi connectivity index (χ0) is 41.6. The number of aliphatic carboxylic acids is 5. The van der Waals surface area contributed by atoms with Crippen molar-refractivity contribution < 1.29 is 60.3 Å². The Morgan fingerprint density at radius 3 is 1.66 bits per heavy atom. The number of ether oxygens (including phenoxy) is 1. The molecule has 0 bridgehead atoms. The smallest absolute Gasteiger partial charge is 0.378 e. The number of quaternary nitrogens is 1. The summed E-state index contributed by atoms with van der Waals surface area (Å²) in [6.45, 7) is -2.83. The van der Waals surface area contributed by atoms with E-state index in [2.05, 4.69) is 22.4 Å². The van der Waals surface area contributed by atoms with Crippen LogP contribution in [-0.4, -0.2) is 137 Å². The maximum atomic E-state index is 13.4. The van der Waals surface area contributed by atoms with Crippen molar-refractivity contribution >= 4 is 121 Å². The number of halogens is 3. The van der Waals surface area contributed by atoms with Crippen LogP contribution in [0, 0.1) is 0 Å². The average molecular weight is 1130 g/mol. The largest absolute Gasteiger partial charge is 0.508 e. The van der Waals surface area contributed by atoms with Crippen molar-refractivity contribution in [3.8, 4) is 17.2 Å². The molecule has 2 atom stereocenters. The number of phenolic OH excluding ortho intramolecular Hbond substituents is 1. The van der Waals surface area contributed by atoms with Crippen LogP contribution in [0.5, 0.6) is 17.2 Å². The Kier molecular flexibility index (Phi) is 18.2. The summed E-state index contributed by atoms with van der Waals surface area (Å²) in [5.74, 6) is -5.57. The van der Waals surface area contributed by atoms with Crippen molar-refractivity contribution in [2.45, 2.75) is 22.7 Å². The van der Waals surface area contributed by atoms with Crippen LogP contribution in [0.2, 0.25) is 0 Å². The molecular weight excluding hydrogens is 1100 g/mol. The Hall–Kier alpha value is -3.56. The predicted molar refractivity (Wildman–Crippen MR) is 230 cm³/mol. The van der Waals surface area contributed by atoms with Crippen molar-refractivity contribution in [2.24, 2.45) is 4.99 Å². The Bertz CT molecular complexity index is 1870. The molecule has 3 aromatic carbocycles. The number of alkyl halides is 1. The maximum Gasteiger partial charge on any atom is 0.378 e. The Labute approximate surface area is 367 Å². The second-order valence-electron chi connectivity index (χ2n) is 12.3. The van der Waals surface area contributed by atoms with Crippen LogP contribution in [0.1, 0.15) is 11.1 Å². The van der Waals surface area contributed by atoms with E-state index in [9.17, 15) is 54.6 Å². The second kappa shape index (κ2) is 21.8. The lowest BCUT2D eigenvalue weighted by Gasteiger charge is -2.46. The van der Waals surface area contributed by atoms with Crippen molar-refractivity contribution in [1.29, 1.82) is 0 Å². The summed E-state index contributed by atoms with van der Waals surface area (Å²) in [5, 5.41) is 61.5. The number of nitrogens with zero attached hydrogens (tertiary/aromatic N) is 5. The van der Waals surface area contributed by atoms with Gasteiger partial charge in [0.1, 0.15) is 30.3 Å². The molecule has 0 aliphatic heterocycles. The minimum atomic E-state index is -1.77. The summed E-state index contributed by atoms with van der Waals surface area (Å²) in [5.41, 5.74) is 1.78. The third kappa shape index (κ3) is 14.4. The van der Waals surface area contributed by atoms with Gasteiger partial charge in [-0.2, -0.15) is 5.90 Å². The molecule has 300 valence electrons. The van der Waals surface area contributed by atoms with Crippen LogP contribution in [0.3, 0.4) is 0 Å². The average Bonchev–Trinajstić information content (AvgIpc) is 3.10. The number of hydrogen-bond donors (Lipinski definition) is 6. The van der Waals surface area contributed by atoms with E-state index in [1.807, 2.05) is 45.7 Å².